The molecule has 0 saturated carbocycles. The lowest BCUT2D eigenvalue weighted by atomic mass is 10.0. The number of rotatable bonds is 5. The van der Waals surface area contributed by atoms with E-state index in [4.69, 9.17) is 0 Å². The highest BCUT2D eigenvalue weighted by Gasteiger charge is 2.10. The largest absolute Gasteiger partial charge is 0.508 e. The Bertz CT molecular complexity index is 550. The van der Waals surface area contributed by atoms with Crippen LogP contribution in [0.5, 0.6) is 5.75 Å². The van der Waals surface area contributed by atoms with Crippen LogP contribution < -0.4 is 5.32 Å². The number of hydrogen-bond acceptors (Lipinski definition) is 4. The minimum absolute atomic E-state index is 0.105. The maximum Gasteiger partial charge on any atom is 0.133 e. The molecule has 0 saturated heterocycles. The number of nitrogens with zero attached hydrogens (tertiary/aromatic N) is 3. The highest BCUT2D eigenvalue weighted by atomic mass is 16.3. The third-order valence-corrected chi connectivity index (χ3v) is 3.25. The molecule has 2 N–H and O–H groups in total. The Morgan fingerprint density at radius 2 is 2.21 bits per heavy atom. The highest BCUT2D eigenvalue weighted by molar-refractivity contribution is 5.37. The lowest BCUT2D eigenvalue weighted by Crippen LogP contribution is -2.22. The topological polar surface area (TPSA) is 63.0 Å². The van der Waals surface area contributed by atoms with E-state index >= 15 is 0 Å². The van der Waals surface area contributed by atoms with Crippen molar-refractivity contribution in [2.24, 2.45) is 7.05 Å². The molecule has 1 aromatic heterocycles. The molecule has 1 atom stereocenters. The third kappa shape index (κ3) is 3.32. The molecule has 0 aliphatic heterocycles. The molecule has 0 amide bonds. The fourth-order valence-corrected chi connectivity index (χ4v) is 2.06. The fourth-order valence-electron chi connectivity index (χ4n) is 2.06. The van der Waals surface area contributed by atoms with Gasteiger partial charge < -0.3 is 15.0 Å². The molecule has 1 aromatic carbocycles. The summed E-state index contributed by atoms with van der Waals surface area (Å²) in [5, 5.41) is 21.1. The first-order valence-electron chi connectivity index (χ1n) is 6.43. The first-order valence-corrected chi connectivity index (χ1v) is 6.43. The van der Waals surface area contributed by atoms with Crippen LogP contribution in [0.25, 0.3) is 0 Å². The molecule has 102 valence electrons. The molecule has 1 heterocycles. The van der Waals surface area contributed by atoms with Gasteiger partial charge in [-0.15, -0.1) is 10.2 Å². The average molecular weight is 260 g/mol. The number of phenols is 1. The first kappa shape index (κ1) is 13.5. The van der Waals surface area contributed by atoms with E-state index in [1.54, 1.807) is 12.4 Å². The summed E-state index contributed by atoms with van der Waals surface area (Å²) >= 11 is 0. The van der Waals surface area contributed by atoms with E-state index in [1.165, 1.54) is 0 Å². The van der Waals surface area contributed by atoms with Gasteiger partial charge in [0.05, 0.1) is 0 Å². The van der Waals surface area contributed by atoms with Gasteiger partial charge in [-0.25, -0.2) is 0 Å². The van der Waals surface area contributed by atoms with Gasteiger partial charge in [0.25, 0.3) is 0 Å². The van der Waals surface area contributed by atoms with Crippen molar-refractivity contribution in [2.75, 3.05) is 6.54 Å². The number of aromatic hydroxyl groups is 1. The standard InChI is InChI=1S/C14H20N4O/c1-10-4-5-13(19)12(8-10)11(2)15-7-6-14-17-16-9-18(14)3/h4-5,8-9,11,15,19H,6-7H2,1-3H3. The molecule has 2 rings (SSSR count). The number of phenolic OH excluding ortho intramolecular Hbond substituents is 1. The van der Waals surface area contributed by atoms with Crippen molar-refractivity contribution in [1.82, 2.24) is 20.1 Å². The van der Waals surface area contributed by atoms with Gasteiger partial charge >= 0.3 is 0 Å². The van der Waals surface area contributed by atoms with Crippen molar-refractivity contribution in [2.45, 2.75) is 26.3 Å². The normalized spacial score (nSPS) is 12.6. The molecule has 0 fully saturated rings. The van der Waals surface area contributed by atoms with Gasteiger partial charge in [0.2, 0.25) is 0 Å². The molecule has 0 bridgehead atoms. The summed E-state index contributed by atoms with van der Waals surface area (Å²) in [6, 6.07) is 5.76. The van der Waals surface area contributed by atoms with Crippen LogP contribution in [-0.2, 0) is 13.5 Å². The predicted molar refractivity (Wildman–Crippen MR) is 74.0 cm³/mol. The average Bonchev–Trinajstić information content (AvgIpc) is 2.78. The molecule has 0 aliphatic rings. The second-order valence-electron chi connectivity index (χ2n) is 4.85. The Balaban J connectivity index is 1.92. The molecular weight excluding hydrogens is 240 g/mol. The number of nitrogens with one attached hydrogen (secondary N) is 1. The van der Waals surface area contributed by atoms with Crippen LogP contribution in [-0.4, -0.2) is 26.4 Å². The lowest BCUT2D eigenvalue weighted by molar-refractivity contribution is 0.452. The summed E-state index contributed by atoms with van der Waals surface area (Å²) in [5.41, 5.74) is 2.08. The Hall–Kier alpha value is -1.88. The second-order valence-corrected chi connectivity index (χ2v) is 4.85. The van der Waals surface area contributed by atoms with Crippen LogP contribution in [0, 0.1) is 6.92 Å². The lowest BCUT2D eigenvalue weighted by Gasteiger charge is -2.16. The van der Waals surface area contributed by atoms with Crippen LogP contribution in [0.15, 0.2) is 24.5 Å². The van der Waals surface area contributed by atoms with E-state index in [2.05, 4.69) is 15.5 Å². The molecule has 19 heavy (non-hydrogen) atoms. The minimum Gasteiger partial charge on any atom is -0.508 e. The van der Waals surface area contributed by atoms with E-state index < -0.39 is 0 Å². The summed E-state index contributed by atoms with van der Waals surface area (Å²) < 4.78 is 1.91. The summed E-state index contributed by atoms with van der Waals surface area (Å²) in [5.74, 6) is 1.29. The summed E-state index contributed by atoms with van der Waals surface area (Å²) in [6.07, 6.45) is 2.51. The zero-order chi connectivity index (χ0) is 13.8. The van der Waals surface area contributed by atoms with Crippen molar-refractivity contribution >= 4 is 0 Å². The summed E-state index contributed by atoms with van der Waals surface area (Å²) in [4.78, 5) is 0. The Morgan fingerprint density at radius 1 is 1.42 bits per heavy atom. The predicted octanol–water partition coefficient (Wildman–Crippen LogP) is 1.72. The molecule has 0 radical (unpaired) electrons. The highest BCUT2D eigenvalue weighted by Crippen LogP contribution is 2.24. The monoisotopic (exact) mass is 260 g/mol. The molecular formula is C14H20N4O. The van der Waals surface area contributed by atoms with E-state index in [9.17, 15) is 5.11 Å². The Kier molecular flexibility index (Phi) is 4.16. The molecule has 5 nitrogen and oxygen atoms in total. The van der Waals surface area contributed by atoms with Crippen LogP contribution in [0.2, 0.25) is 0 Å². The maximum atomic E-state index is 9.87. The van der Waals surface area contributed by atoms with Crippen LogP contribution in [0.1, 0.15) is 29.9 Å². The van der Waals surface area contributed by atoms with Crippen molar-refractivity contribution in [3.8, 4) is 5.75 Å². The van der Waals surface area contributed by atoms with Gasteiger partial charge in [0.15, 0.2) is 0 Å². The number of hydrogen-bond donors (Lipinski definition) is 2. The summed E-state index contributed by atoms with van der Waals surface area (Å²) in [7, 11) is 1.94. The zero-order valence-electron chi connectivity index (χ0n) is 11.6. The Labute approximate surface area is 113 Å². The van der Waals surface area contributed by atoms with Crippen molar-refractivity contribution < 1.29 is 5.11 Å². The van der Waals surface area contributed by atoms with Gasteiger partial charge in [-0.1, -0.05) is 17.7 Å². The van der Waals surface area contributed by atoms with E-state index in [-0.39, 0.29) is 6.04 Å². The smallest absolute Gasteiger partial charge is 0.133 e. The molecule has 1 unspecified atom stereocenters. The van der Waals surface area contributed by atoms with Crippen molar-refractivity contribution in [1.29, 1.82) is 0 Å². The molecule has 2 aromatic rings. The molecule has 5 heteroatoms. The first-order chi connectivity index (χ1) is 9.08. The SMILES string of the molecule is Cc1ccc(O)c(C(C)NCCc2nncn2C)c1. The van der Waals surface area contributed by atoms with E-state index in [0.29, 0.717) is 5.75 Å². The maximum absolute atomic E-state index is 9.87. The quantitative estimate of drug-likeness (QED) is 0.859. The van der Waals surface area contributed by atoms with Crippen LogP contribution in [0.4, 0.5) is 0 Å². The van der Waals surface area contributed by atoms with E-state index in [1.807, 2.05) is 37.6 Å². The third-order valence-electron chi connectivity index (χ3n) is 3.25. The van der Waals surface area contributed by atoms with Crippen LogP contribution in [0.3, 0.4) is 0 Å². The van der Waals surface area contributed by atoms with Gasteiger partial charge in [-0.3, -0.25) is 0 Å². The number of aromatic nitrogens is 3. The van der Waals surface area contributed by atoms with Gasteiger partial charge in [0, 0.05) is 31.6 Å². The van der Waals surface area contributed by atoms with Gasteiger partial charge in [-0.2, -0.15) is 0 Å². The molecule has 0 spiro atoms. The molecule has 0 aliphatic carbocycles. The van der Waals surface area contributed by atoms with Gasteiger partial charge in [-0.05, 0) is 19.9 Å². The Morgan fingerprint density at radius 3 is 2.89 bits per heavy atom. The van der Waals surface area contributed by atoms with Crippen molar-refractivity contribution in [3.05, 3.63) is 41.5 Å². The van der Waals surface area contributed by atoms with E-state index in [0.717, 1.165) is 29.9 Å². The second kappa shape index (κ2) is 5.84. The number of benzene rings is 1. The summed E-state index contributed by atoms with van der Waals surface area (Å²) in [6.45, 7) is 4.86. The fraction of sp³-hybridized carbons (Fsp3) is 0.429. The zero-order valence-corrected chi connectivity index (χ0v) is 11.6. The van der Waals surface area contributed by atoms with Gasteiger partial charge in [0.1, 0.15) is 17.9 Å². The minimum atomic E-state index is 0.105. The number of aryl methyl sites for hydroxylation is 2. The van der Waals surface area contributed by atoms with Crippen LogP contribution >= 0.6 is 0 Å². The van der Waals surface area contributed by atoms with Crippen molar-refractivity contribution in [3.63, 3.8) is 0 Å².